The normalized spacial score (nSPS) is 16.6. The summed E-state index contributed by atoms with van der Waals surface area (Å²) in [5.74, 6) is -0.292. The van der Waals surface area contributed by atoms with E-state index in [1.54, 1.807) is 24.3 Å². The molecule has 0 saturated heterocycles. The number of hydrogen-bond donors (Lipinski definition) is 1. The van der Waals surface area contributed by atoms with Crippen LogP contribution in [0.25, 0.3) is 0 Å². The Balaban J connectivity index is 2.00. The zero-order valence-corrected chi connectivity index (χ0v) is 14.0. The first-order valence-electron chi connectivity index (χ1n) is 7.47. The highest BCUT2D eigenvalue weighted by Crippen LogP contribution is 2.36. The number of nitro benzene ring substituents is 1. The Morgan fingerprint density at radius 2 is 2.12 bits per heavy atom. The summed E-state index contributed by atoms with van der Waals surface area (Å²) >= 11 is 5.98. The third kappa shape index (κ3) is 3.32. The summed E-state index contributed by atoms with van der Waals surface area (Å²) in [5.41, 5.74) is 1.48. The molecule has 0 saturated carbocycles. The summed E-state index contributed by atoms with van der Waals surface area (Å²) in [6.45, 7) is 1.37. The van der Waals surface area contributed by atoms with Crippen LogP contribution in [-0.4, -0.2) is 26.7 Å². The lowest BCUT2D eigenvalue weighted by molar-refractivity contribution is -0.384. The fourth-order valence-electron chi connectivity index (χ4n) is 2.81. The SMILES string of the molecule is CC(=O)N1N=C(c2cc(Cl)ccc2O)CC1c1cccc([N+](=O)[O-])c1. The molecule has 25 heavy (non-hydrogen) atoms. The van der Waals surface area contributed by atoms with Crippen molar-refractivity contribution in [1.29, 1.82) is 0 Å². The molecule has 1 atom stereocenters. The molecule has 0 aliphatic carbocycles. The molecule has 8 heteroatoms. The molecule has 0 bridgehead atoms. The highest BCUT2D eigenvalue weighted by Gasteiger charge is 2.33. The van der Waals surface area contributed by atoms with E-state index in [-0.39, 0.29) is 17.3 Å². The number of phenols is 1. The lowest BCUT2D eigenvalue weighted by Crippen LogP contribution is -2.24. The van der Waals surface area contributed by atoms with Crippen LogP contribution in [0.5, 0.6) is 5.75 Å². The largest absolute Gasteiger partial charge is 0.507 e. The average molecular weight is 360 g/mol. The number of non-ortho nitro benzene ring substituents is 1. The Morgan fingerprint density at radius 3 is 2.80 bits per heavy atom. The van der Waals surface area contributed by atoms with Gasteiger partial charge in [0.1, 0.15) is 5.75 Å². The third-order valence-electron chi connectivity index (χ3n) is 3.97. The number of carbonyl (C=O) groups is 1. The van der Waals surface area contributed by atoms with Crippen molar-refractivity contribution in [3.05, 3.63) is 68.7 Å². The molecule has 0 aromatic heterocycles. The molecule has 128 valence electrons. The fraction of sp³-hybridized carbons (Fsp3) is 0.176. The molecule has 1 heterocycles. The minimum Gasteiger partial charge on any atom is -0.507 e. The fourth-order valence-corrected chi connectivity index (χ4v) is 2.98. The van der Waals surface area contributed by atoms with E-state index in [0.29, 0.717) is 28.3 Å². The summed E-state index contributed by atoms with van der Waals surface area (Å²) in [6, 6.07) is 10.2. The van der Waals surface area contributed by atoms with Gasteiger partial charge in [-0.2, -0.15) is 5.10 Å². The number of benzene rings is 2. The van der Waals surface area contributed by atoms with Crippen LogP contribution < -0.4 is 0 Å². The van der Waals surface area contributed by atoms with Crippen molar-refractivity contribution in [3.63, 3.8) is 0 Å². The number of hydrazone groups is 1. The van der Waals surface area contributed by atoms with Crippen molar-refractivity contribution >= 4 is 28.9 Å². The van der Waals surface area contributed by atoms with Crippen LogP contribution in [0, 0.1) is 10.1 Å². The standard InChI is InChI=1S/C17H14ClN3O4/c1-10(22)20-16(11-3-2-4-13(7-11)21(24)25)9-15(19-20)14-8-12(18)5-6-17(14)23/h2-8,16,23H,9H2,1H3. The van der Waals surface area contributed by atoms with E-state index in [4.69, 9.17) is 11.6 Å². The molecule has 1 N–H and O–H groups in total. The maximum absolute atomic E-state index is 12.0. The molecule has 1 unspecified atom stereocenters. The van der Waals surface area contributed by atoms with E-state index in [2.05, 4.69) is 5.10 Å². The maximum Gasteiger partial charge on any atom is 0.269 e. The lowest BCUT2D eigenvalue weighted by atomic mass is 9.97. The van der Waals surface area contributed by atoms with E-state index in [1.165, 1.54) is 30.1 Å². The topological polar surface area (TPSA) is 96.0 Å². The summed E-state index contributed by atoms with van der Waals surface area (Å²) in [7, 11) is 0. The van der Waals surface area contributed by atoms with Crippen LogP contribution in [0.1, 0.15) is 30.5 Å². The van der Waals surface area contributed by atoms with Gasteiger partial charge in [0.15, 0.2) is 0 Å². The van der Waals surface area contributed by atoms with Crippen molar-refractivity contribution in [1.82, 2.24) is 5.01 Å². The Kier molecular flexibility index (Phi) is 4.41. The molecule has 0 fully saturated rings. The quantitative estimate of drug-likeness (QED) is 0.668. The van der Waals surface area contributed by atoms with Gasteiger partial charge in [-0.1, -0.05) is 23.7 Å². The molecule has 1 amide bonds. The molecular formula is C17H14ClN3O4. The van der Waals surface area contributed by atoms with Gasteiger partial charge in [-0.25, -0.2) is 5.01 Å². The van der Waals surface area contributed by atoms with Gasteiger partial charge in [-0.3, -0.25) is 14.9 Å². The van der Waals surface area contributed by atoms with Gasteiger partial charge in [0.25, 0.3) is 5.69 Å². The zero-order chi connectivity index (χ0) is 18.1. The van der Waals surface area contributed by atoms with Crippen LogP contribution in [0.3, 0.4) is 0 Å². The number of carbonyl (C=O) groups excluding carboxylic acids is 1. The number of nitro groups is 1. The Bertz CT molecular complexity index is 897. The molecule has 2 aromatic carbocycles. The first-order valence-corrected chi connectivity index (χ1v) is 7.85. The highest BCUT2D eigenvalue weighted by molar-refractivity contribution is 6.31. The van der Waals surface area contributed by atoms with Crippen LogP contribution in [0.4, 0.5) is 5.69 Å². The predicted molar refractivity (Wildman–Crippen MR) is 92.6 cm³/mol. The van der Waals surface area contributed by atoms with Gasteiger partial charge < -0.3 is 5.11 Å². The number of nitrogens with zero attached hydrogens (tertiary/aromatic N) is 3. The second-order valence-electron chi connectivity index (χ2n) is 5.64. The van der Waals surface area contributed by atoms with Crippen molar-refractivity contribution in [2.75, 3.05) is 0 Å². The number of amides is 1. The summed E-state index contributed by atoms with van der Waals surface area (Å²) in [4.78, 5) is 22.5. The first kappa shape index (κ1) is 16.9. The molecule has 2 aromatic rings. The molecule has 0 radical (unpaired) electrons. The molecule has 1 aliphatic heterocycles. The van der Waals surface area contributed by atoms with Crippen molar-refractivity contribution < 1.29 is 14.8 Å². The predicted octanol–water partition coefficient (Wildman–Crippen LogP) is 3.65. The highest BCUT2D eigenvalue weighted by atomic mass is 35.5. The van der Waals surface area contributed by atoms with Crippen LogP contribution in [0.15, 0.2) is 47.6 Å². The lowest BCUT2D eigenvalue weighted by Gasteiger charge is -2.20. The van der Waals surface area contributed by atoms with E-state index in [1.807, 2.05) is 0 Å². The van der Waals surface area contributed by atoms with Gasteiger partial charge in [-0.15, -0.1) is 0 Å². The van der Waals surface area contributed by atoms with Gasteiger partial charge >= 0.3 is 0 Å². The van der Waals surface area contributed by atoms with Crippen LogP contribution in [-0.2, 0) is 4.79 Å². The number of phenolic OH excluding ortho intramolecular Hbond substituents is 1. The van der Waals surface area contributed by atoms with E-state index in [9.17, 15) is 20.0 Å². The zero-order valence-electron chi connectivity index (χ0n) is 13.2. The Labute approximate surface area is 148 Å². The van der Waals surface area contributed by atoms with Gasteiger partial charge in [0.2, 0.25) is 5.91 Å². The monoisotopic (exact) mass is 359 g/mol. The smallest absolute Gasteiger partial charge is 0.269 e. The number of hydrogen-bond acceptors (Lipinski definition) is 5. The minimum absolute atomic E-state index is 0.00587. The summed E-state index contributed by atoms with van der Waals surface area (Å²) in [6.07, 6.45) is 0.314. The number of halogens is 1. The molecule has 7 nitrogen and oxygen atoms in total. The minimum atomic E-state index is -0.485. The van der Waals surface area contributed by atoms with Gasteiger partial charge in [0, 0.05) is 36.1 Å². The van der Waals surface area contributed by atoms with E-state index < -0.39 is 11.0 Å². The Morgan fingerprint density at radius 1 is 1.36 bits per heavy atom. The number of rotatable bonds is 3. The van der Waals surface area contributed by atoms with Crippen molar-refractivity contribution in [2.45, 2.75) is 19.4 Å². The second kappa shape index (κ2) is 6.52. The van der Waals surface area contributed by atoms with Crippen molar-refractivity contribution in [3.8, 4) is 5.75 Å². The molecule has 3 rings (SSSR count). The summed E-state index contributed by atoms with van der Waals surface area (Å²) in [5, 5.41) is 27.1. The Hall–Kier alpha value is -2.93. The van der Waals surface area contributed by atoms with Gasteiger partial charge in [0.05, 0.1) is 16.7 Å². The molecule has 1 aliphatic rings. The van der Waals surface area contributed by atoms with Crippen LogP contribution in [0.2, 0.25) is 5.02 Å². The second-order valence-corrected chi connectivity index (χ2v) is 6.08. The maximum atomic E-state index is 12.0. The van der Waals surface area contributed by atoms with Crippen molar-refractivity contribution in [2.24, 2.45) is 5.10 Å². The third-order valence-corrected chi connectivity index (χ3v) is 4.20. The molecular weight excluding hydrogens is 346 g/mol. The van der Waals surface area contributed by atoms with E-state index in [0.717, 1.165) is 0 Å². The first-order chi connectivity index (χ1) is 11.9. The molecule has 0 spiro atoms. The van der Waals surface area contributed by atoms with E-state index >= 15 is 0 Å². The summed E-state index contributed by atoms with van der Waals surface area (Å²) < 4.78 is 0. The number of aromatic hydroxyl groups is 1. The van der Waals surface area contributed by atoms with Crippen LogP contribution >= 0.6 is 11.6 Å². The van der Waals surface area contributed by atoms with Gasteiger partial charge in [-0.05, 0) is 23.8 Å². The average Bonchev–Trinajstić information content (AvgIpc) is 3.02.